The summed E-state index contributed by atoms with van der Waals surface area (Å²) in [5, 5.41) is 9.19. The highest BCUT2D eigenvalue weighted by molar-refractivity contribution is 5.63. The summed E-state index contributed by atoms with van der Waals surface area (Å²) in [6.07, 6.45) is 2.66. The van der Waals surface area contributed by atoms with Crippen LogP contribution in [0.4, 0.5) is 0 Å². The van der Waals surface area contributed by atoms with E-state index in [1.165, 1.54) is 5.56 Å². The molecule has 1 saturated heterocycles. The number of rotatable bonds is 2. The van der Waals surface area contributed by atoms with Crippen LogP contribution in [0.5, 0.6) is 5.88 Å². The van der Waals surface area contributed by atoms with Gasteiger partial charge in [-0.25, -0.2) is 4.98 Å². The molecule has 4 heteroatoms. The smallest absolute Gasteiger partial charge is 0.210 e. The maximum atomic E-state index is 9.19. The van der Waals surface area contributed by atoms with Gasteiger partial charge in [0.1, 0.15) is 0 Å². The Kier molecular flexibility index (Phi) is 2.96. The minimum Gasteiger partial charge on any atom is -0.493 e. The van der Waals surface area contributed by atoms with Crippen molar-refractivity contribution >= 4 is 0 Å². The third-order valence-corrected chi connectivity index (χ3v) is 3.10. The van der Waals surface area contributed by atoms with Gasteiger partial charge in [-0.05, 0) is 29.7 Å². The lowest BCUT2D eigenvalue weighted by Gasteiger charge is -2.10. The summed E-state index contributed by atoms with van der Waals surface area (Å²) in [5.41, 5.74) is 6.30. The van der Waals surface area contributed by atoms with Crippen molar-refractivity contribution in [2.75, 3.05) is 6.61 Å². The van der Waals surface area contributed by atoms with Crippen LogP contribution in [-0.2, 0) is 4.84 Å². The van der Waals surface area contributed by atoms with Gasteiger partial charge in [-0.2, -0.15) is 5.48 Å². The maximum Gasteiger partial charge on any atom is 0.210 e. The van der Waals surface area contributed by atoms with Gasteiger partial charge >= 0.3 is 0 Å². The Labute approximate surface area is 105 Å². The molecular formula is C14H14N2O2. The third-order valence-electron chi connectivity index (χ3n) is 3.10. The van der Waals surface area contributed by atoms with Crippen LogP contribution in [0.2, 0.25) is 0 Å². The van der Waals surface area contributed by atoms with E-state index in [-0.39, 0.29) is 11.9 Å². The van der Waals surface area contributed by atoms with Crippen LogP contribution in [0.3, 0.4) is 0 Å². The summed E-state index contributed by atoms with van der Waals surface area (Å²) in [5.74, 6) is 0.0424. The molecule has 1 aliphatic rings. The third kappa shape index (κ3) is 2.20. The van der Waals surface area contributed by atoms with Crippen molar-refractivity contribution in [3.8, 4) is 17.0 Å². The lowest BCUT2D eigenvalue weighted by Crippen LogP contribution is -2.11. The van der Waals surface area contributed by atoms with Gasteiger partial charge in [0, 0.05) is 17.8 Å². The fraction of sp³-hybridized carbons (Fsp3) is 0.214. The van der Waals surface area contributed by atoms with E-state index in [0.29, 0.717) is 0 Å². The summed E-state index contributed by atoms with van der Waals surface area (Å²) in [6, 6.07) is 12.0. The molecule has 1 fully saturated rings. The van der Waals surface area contributed by atoms with E-state index in [9.17, 15) is 5.11 Å². The van der Waals surface area contributed by atoms with Crippen molar-refractivity contribution in [2.24, 2.45) is 0 Å². The van der Waals surface area contributed by atoms with Gasteiger partial charge in [0.05, 0.1) is 12.6 Å². The van der Waals surface area contributed by atoms with Gasteiger partial charge in [-0.1, -0.05) is 18.2 Å². The monoisotopic (exact) mass is 242 g/mol. The molecule has 18 heavy (non-hydrogen) atoms. The number of benzene rings is 1. The summed E-state index contributed by atoms with van der Waals surface area (Å²) >= 11 is 0. The van der Waals surface area contributed by atoms with Crippen molar-refractivity contribution in [2.45, 2.75) is 12.5 Å². The Hall–Kier alpha value is -1.91. The second kappa shape index (κ2) is 4.76. The zero-order chi connectivity index (χ0) is 12.4. The molecule has 1 atom stereocenters. The first-order chi connectivity index (χ1) is 8.83. The van der Waals surface area contributed by atoms with Gasteiger partial charge in [0.15, 0.2) is 0 Å². The molecule has 0 radical (unpaired) electrons. The number of hydroxylamine groups is 1. The lowest BCUT2D eigenvalue weighted by atomic mass is 10.00. The SMILES string of the molecule is Oc1ccc(-c2cccc(C3CCON3)c2)cn1. The predicted molar refractivity (Wildman–Crippen MR) is 67.8 cm³/mol. The summed E-state index contributed by atoms with van der Waals surface area (Å²) in [6.45, 7) is 0.746. The summed E-state index contributed by atoms with van der Waals surface area (Å²) < 4.78 is 0. The molecule has 92 valence electrons. The Morgan fingerprint density at radius 1 is 1.22 bits per heavy atom. The number of aromatic nitrogens is 1. The Morgan fingerprint density at radius 2 is 2.17 bits per heavy atom. The summed E-state index contributed by atoms with van der Waals surface area (Å²) in [4.78, 5) is 9.08. The highest BCUT2D eigenvalue weighted by atomic mass is 16.7. The van der Waals surface area contributed by atoms with E-state index in [4.69, 9.17) is 4.84 Å². The average Bonchev–Trinajstić information content (AvgIpc) is 2.94. The predicted octanol–water partition coefficient (Wildman–Crippen LogP) is 2.42. The molecule has 1 aromatic heterocycles. The fourth-order valence-electron chi connectivity index (χ4n) is 2.12. The Morgan fingerprint density at radius 3 is 2.89 bits per heavy atom. The van der Waals surface area contributed by atoms with Crippen molar-refractivity contribution in [3.63, 3.8) is 0 Å². The van der Waals surface area contributed by atoms with Crippen LogP contribution in [0, 0.1) is 0 Å². The molecule has 1 aromatic carbocycles. The standard InChI is InChI=1S/C14H14N2O2/c17-14-5-4-12(9-15-14)10-2-1-3-11(8-10)13-6-7-18-16-13/h1-5,8-9,13,16H,6-7H2,(H,15,17). The molecule has 0 spiro atoms. The van der Waals surface area contributed by atoms with Crippen LogP contribution in [0.25, 0.3) is 11.1 Å². The van der Waals surface area contributed by atoms with Gasteiger partial charge in [0.2, 0.25) is 5.88 Å². The molecule has 2 N–H and O–H groups in total. The quantitative estimate of drug-likeness (QED) is 0.849. The number of pyridine rings is 1. The van der Waals surface area contributed by atoms with Gasteiger partial charge < -0.3 is 9.94 Å². The number of hydrogen-bond acceptors (Lipinski definition) is 4. The number of nitrogens with one attached hydrogen (secondary N) is 1. The highest BCUT2D eigenvalue weighted by Crippen LogP contribution is 2.26. The van der Waals surface area contributed by atoms with Crippen LogP contribution in [0.1, 0.15) is 18.0 Å². The zero-order valence-electron chi connectivity index (χ0n) is 9.84. The number of aromatic hydroxyl groups is 1. The fourth-order valence-corrected chi connectivity index (χ4v) is 2.12. The largest absolute Gasteiger partial charge is 0.493 e. The van der Waals surface area contributed by atoms with Crippen LogP contribution < -0.4 is 5.48 Å². The minimum absolute atomic E-state index is 0.0424. The molecule has 0 amide bonds. The number of hydrogen-bond donors (Lipinski definition) is 2. The van der Waals surface area contributed by atoms with Crippen molar-refractivity contribution in [1.82, 2.24) is 10.5 Å². The molecule has 1 aliphatic heterocycles. The van der Waals surface area contributed by atoms with Crippen molar-refractivity contribution in [3.05, 3.63) is 48.2 Å². The van der Waals surface area contributed by atoms with E-state index in [2.05, 4.69) is 22.6 Å². The molecule has 1 unspecified atom stereocenters. The lowest BCUT2D eigenvalue weighted by molar-refractivity contribution is 0.0883. The molecule has 4 nitrogen and oxygen atoms in total. The zero-order valence-corrected chi connectivity index (χ0v) is 9.84. The van der Waals surface area contributed by atoms with E-state index in [1.807, 2.05) is 18.2 Å². The van der Waals surface area contributed by atoms with Gasteiger partial charge in [0.25, 0.3) is 0 Å². The molecule has 2 heterocycles. The average molecular weight is 242 g/mol. The van der Waals surface area contributed by atoms with Crippen molar-refractivity contribution in [1.29, 1.82) is 0 Å². The van der Waals surface area contributed by atoms with Crippen LogP contribution in [-0.4, -0.2) is 16.7 Å². The molecule has 0 aliphatic carbocycles. The maximum absolute atomic E-state index is 9.19. The highest BCUT2D eigenvalue weighted by Gasteiger charge is 2.17. The van der Waals surface area contributed by atoms with Crippen LogP contribution >= 0.6 is 0 Å². The summed E-state index contributed by atoms with van der Waals surface area (Å²) in [7, 11) is 0. The molecule has 0 saturated carbocycles. The molecule has 0 bridgehead atoms. The van der Waals surface area contributed by atoms with Crippen molar-refractivity contribution < 1.29 is 9.94 Å². The number of nitrogens with zero attached hydrogens (tertiary/aromatic N) is 1. The first-order valence-electron chi connectivity index (χ1n) is 5.95. The second-order valence-corrected chi connectivity index (χ2v) is 4.34. The van der Waals surface area contributed by atoms with Crippen LogP contribution in [0.15, 0.2) is 42.6 Å². The Balaban J connectivity index is 1.92. The normalized spacial score (nSPS) is 19.0. The second-order valence-electron chi connectivity index (χ2n) is 4.34. The molecular weight excluding hydrogens is 228 g/mol. The molecule has 3 rings (SSSR count). The van der Waals surface area contributed by atoms with E-state index in [0.717, 1.165) is 24.2 Å². The van der Waals surface area contributed by atoms with Gasteiger partial charge in [-0.15, -0.1) is 0 Å². The molecule has 2 aromatic rings. The Bertz CT molecular complexity index is 534. The topological polar surface area (TPSA) is 54.4 Å². The van der Waals surface area contributed by atoms with E-state index >= 15 is 0 Å². The first-order valence-corrected chi connectivity index (χ1v) is 5.95. The van der Waals surface area contributed by atoms with E-state index in [1.54, 1.807) is 12.3 Å². The van der Waals surface area contributed by atoms with Gasteiger partial charge in [-0.3, -0.25) is 0 Å². The minimum atomic E-state index is 0.0424. The first kappa shape index (κ1) is 11.2. The van der Waals surface area contributed by atoms with E-state index < -0.39 is 0 Å².